The lowest BCUT2D eigenvalue weighted by Gasteiger charge is -2.11. The molecule has 1 amide bonds. The number of hydrogen-bond donors (Lipinski definition) is 1. The third kappa shape index (κ3) is 4.30. The summed E-state index contributed by atoms with van der Waals surface area (Å²) >= 11 is 0. The summed E-state index contributed by atoms with van der Waals surface area (Å²) in [5, 5.41) is 6.81. The van der Waals surface area contributed by atoms with E-state index in [0.717, 1.165) is 37.1 Å². The van der Waals surface area contributed by atoms with E-state index in [1.807, 2.05) is 19.9 Å². The van der Waals surface area contributed by atoms with Gasteiger partial charge >= 0.3 is 0 Å². The standard InChI is InChI=1S/C18H24N4O3S/c1-13-11-14(2)22(21-13)17-8-7-15(12-19-17)20-18(23)9-10-26(24,25)16-5-3-4-6-16/h7-8,11-12,16H,3-6,9-10H2,1-2H3,(H,20,23). The van der Waals surface area contributed by atoms with Crippen molar-refractivity contribution in [1.29, 1.82) is 0 Å². The van der Waals surface area contributed by atoms with E-state index < -0.39 is 9.84 Å². The zero-order valence-corrected chi connectivity index (χ0v) is 15.9. The molecule has 0 aromatic carbocycles. The van der Waals surface area contributed by atoms with E-state index in [1.54, 1.807) is 23.0 Å². The van der Waals surface area contributed by atoms with Crippen molar-refractivity contribution in [1.82, 2.24) is 14.8 Å². The molecule has 26 heavy (non-hydrogen) atoms. The Morgan fingerprint density at radius 1 is 1.27 bits per heavy atom. The normalized spacial score (nSPS) is 15.3. The van der Waals surface area contributed by atoms with Crippen LogP contribution in [0.15, 0.2) is 24.4 Å². The van der Waals surface area contributed by atoms with Crippen molar-refractivity contribution in [3.63, 3.8) is 0 Å². The average Bonchev–Trinajstić information content (AvgIpc) is 3.24. The monoisotopic (exact) mass is 376 g/mol. The van der Waals surface area contributed by atoms with Crippen LogP contribution in [0.4, 0.5) is 5.69 Å². The lowest BCUT2D eigenvalue weighted by atomic mass is 10.3. The highest BCUT2D eigenvalue weighted by molar-refractivity contribution is 7.92. The first-order valence-corrected chi connectivity index (χ1v) is 10.6. The summed E-state index contributed by atoms with van der Waals surface area (Å²) in [6.45, 7) is 3.86. The molecule has 1 aliphatic carbocycles. The van der Waals surface area contributed by atoms with Gasteiger partial charge in [0.1, 0.15) is 0 Å². The molecule has 1 fully saturated rings. The van der Waals surface area contributed by atoms with Gasteiger partial charge in [-0.05, 0) is 44.9 Å². The molecular formula is C18H24N4O3S. The third-order valence-corrected chi connectivity index (χ3v) is 6.94. The largest absolute Gasteiger partial charge is 0.325 e. The number of carbonyl (C=O) groups is 1. The predicted octanol–water partition coefficient (Wildman–Crippen LogP) is 2.57. The number of hydrogen-bond acceptors (Lipinski definition) is 5. The van der Waals surface area contributed by atoms with Gasteiger partial charge in [-0.2, -0.15) is 5.10 Å². The van der Waals surface area contributed by atoms with Crippen LogP contribution in [0.5, 0.6) is 0 Å². The Morgan fingerprint density at radius 2 is 2.00 bits per heavy atom. The van der Waals surface area contributed by atoms with E-state index in [4.69, 9.17) is 0 Å². The highest BCUT2D eigenvalue weighted by atomic mass is 32.2. The fourth-order valence-electron chi connectivity index (χ4n) is 3.32. The number of nitrogens with one attached hydrogen (secondary N) is 1. The van der Waals surface area contributed by atoms with Crippen molar-refractivity contribution < 1.29 is 13.2 Å². The summed E-state index contributed by atoms with van der Waals surface area (Å²) in [6, 6.07) is 5.47. The number of pyridine rings is 1. The van der Waals surface area contributed by atoms with Crippen molar-refractivity contribution in [3.05, 3.63) is 35.8 Å². The molecule has 3 rings (SSSR count). The van der Waals surface area contributed by atoms with E-state index in [1.165, 1.54) is 0 Å². The maximum absolute atomic E-state index is 12.2. The first kappa shape index (κ1) is 18.6. The van der Waals surface area contributed by atoms with Gasteiger partial charge in [-0.3, -0.25) is 4.79 Å². The minimum Gasteiger partial charge on any atom is -0.325 e. The third-order valence-electron chi connectivity index (χ3n) is 4.68. The van der Waals surface area contributed by atoms with Crippen molar-refractivity contribution in [2.24, 2.45) is 0 Å². The molecule has 0 unspecified atom stereocenters. The van der Waals surface area contributed by atoms with Crippen LogP contribution < -0.4 is 5.32 Å². The molecule has 7 nitrogen and oxygen atoms in total. The van der Waals surface area contributed by atoms with Gasteiger partial charge in [0.2, 0.25) is 5.91 Å². The van der Waals surface area contributed by atoms with Gasteiger partial charge in [0.15, 0.2) is 15.7 Å². The summed E-state index contributed by atoms with van der Waals surface area (Å²) in [5.74, 6) is 0.255. The molecule has 0 spiro atoms. The molecule has 0 radical (unpaired) electrons. The number of sulfone groups is 1. The second-order valence-corrected chi connectivity index (χ2v) is 9.22. The van der Waals surface area contributed by atoms with Gasteiger partial charge in [0, 0.05) is 12.1 Å². The summed E-state index contributed by atoms with van der Waals surface area (Å²) in [5.41, 5.74) is 2.42. The minimum atomic E-state index is -3.18. The molecule has 0 bridgehead atoms. The molecule has 2 aromatic rings. The van der Waals surface area contributed by atoms with E-state index in [0.29, 0.717) is 11.5 Å². The van der Waals surface area contributed by atoms with Crippen LogP contribution >= 0.6 is 0 Å². The smallest absolute Gasteiger partial charge is 0.225 e. The van der Waals surface area contributed by atoms with Crippen LogP contribution in [-0.4, -0.2) is 40.1 Å². The van der Waals surface area contributed by atoms with Gasteiger partial charge in [0.25, 0.3) is 0 Å². The maximum atomic E-state index is 12.2. The van der Waals surface area contributed by atoms with Crippen LogP contribution in [-0.2, 0) is 14.6 Å². The Morgan fingerprint density at radius 3 is 2.58 bits per heavy atom. The van der Waals surface area contributed by atoms with Crippen molar-refractivity contribution >= 4 is 21.4 Å². The Balaban J connectivity index is 1.57. The van der Waals surface area contributed by atoms with Crippen LogP contribution in [0, 0.1) is 13.8 Å². The number of carbonyl (C=O) groups excluding carboxylic acids is 1. The van der Waals surface area contributed by atoms with Gasteiger partial charge < -0.3 is 5.32 Å². The lowest BCUT2D eigenvalue weighted by molar-refractivity contribution is -0.115. The second kappa shape index (κ2) is 7.57. The molecule has 0 saturated heterocycles. The van der Waals surface area contributed by atoms with Crippen LogP contribution in [0.25, 0.3) is 5.82 Å². The molecule has 1 saturated carbocycles. The number of aromatic nitrogens is 3. The van der Waals surface area contributed by atoms with E-state index in [-0.39, 0.29) is 23.3 Å². The highest BCUT2D eigenvalue weighted by Gasteiger charge is 2.28. The average molecular weight is 376 g/mol. The Bertz CT molecular complexity index is 882. The van der Waals surface area contributed by atoms with Crippen molar-refractivity contribution in [3.8, 4) is 5.82 Å². The Hall–Kier alpha value is -2.22. The van der Waals surface area contributed by atoms with Gasteiger partial charge in [-0.25, -0.2) is 18.1 Å². The molecule has 0 atom stereocenters. The first-order valence-electron chi connectivity index (χ1n) is 8.86. The SMILES string of the molecule is Cc1cc(C)n(-c2ccc(NC(=O)CCS(=O)(=O)C3CCCC3)cn2)n1. The zero-order chi connectivity index (χ0) is 18.7. The van der Waals surface area contributed by atoms with E-state index in [9.17, 15) is 13.2 Å². The van der Waals surface area contributed by atoms with E-state index in [2.05, 4.69) is 15.4 Å². The van der Waals surface area contributed by atoms with Crippen molar-refractivity contribution in [2.75, 3.05) is 11.1 Å². The molecule has 140 valence electrons. The van der Waals surface area contributed by atoms with Crippen LogP contribution in [0.3, 0.4) is 0 Å². The van der Waals surface area contributed by atoms with Gasteiger partial charge in [-0.1, -0.05) is 12.8 Å². The highest BCUT2D eigenvalue weighted by Crippen LogP contribution is 2.25. The molecule has 2 heterocycles. The molecule has 1 N–H and O–H groups in total. The number of aryl methyl sites for hydroxylation is 2. The maximum Gasteiger partial charge on any atom is 0.225 e. The molecular weight excluding hydrogens is 352 g/mol. The first-order chi connectivity index (χ1) is 12.3. The van der Waals surface area contributed by atoms with Crippen molar-refractivity contribution in [2.45, 2.75) is 51.2 Å². The van der Waals surface area contributed by atoms with Gasteiger partial charge in [-0.15, -0.1) is 0 Å². The molecule has 0 aliphatic heterocycles. The number of nitrogens with zero attached hydrogens (tertiary/aromatic N) is 3. The summed E-state index contributed by atoms with van der Waals surface area (Å²) in [4.78, 5) is 16.4. The zero-order valence-electron chi connectivity index (χ0n) is 15.1. The molecule has 2 aromatic heterocycles. The summed E-state index contributed by atoms with van der Waals surface area (Å²) in [7, 11) is -3.18. The van der Waals surface area contributed by atoms with Crippen LogP contribution in [0.1, 0.15) is 43.5 Å². The Kier molecular flexibility index (Phi) is 5.41. The fraction of sp³-hybridized carbons (Fsp3) is 0.500. The fourth-order valence-corrected chi connectivity index (χ4v) is 5.17. The summed E-state index contributed by atoms with van der Waals surface area (Å²) in [6.07, 6.45) is 4.89. The van der Waals surface area contributed by atoms with Gasteiger partial charge in [0.05, 0.1) is 28.6 Å². The molecule has 1 aliphatic rings. The quantitative estimate of drug-likeness (QED) is 0.836. The number of anilines is 1. The predicted molar refractivity (Wildman–Crippen MR) is 100 cm³/mol. The minimum absolute atomic E-state index is 0.0297. The number of rotatable bonds is 6. The topological polar surface area (TPSA) is 94.0 Å². The molecule has 8 heteroatoms. The second-order valence-electron chi connectivity index (χ2n) is 6.82. The lowest BCUT2D eigenvalue weighted by Crippen LogP contribution is -2.24. The van der Waals surface area contributed by atoms with E-state index >= 15 is 0 Å². The summed E-state index contributed by atoms with van der Waals surface area (Å²) < 4.78 is 26.2. The van der Waals surface area contributed by atoms with Crippen LogP contribution in [0.2, 0.25) is 0 Å². The Labute approximate surface area is 153 Å². The number of amides is 1.